The van der Waals surface area contributed by atoms with Crippen molar-refractivity contribution in [2.75, 3.05) is 4.90 Å². The molecule has 4 heteroatoms. The molecular formula is C23H15BrFNO. The normalized spacial score (nSPS) is 15.3. The smallest absolute Gasteiger partial charge is 0.262 e. The van der Waals surface area contributed by atoms with Gasteiger partial charge in [0.15, 0.2) is 0 Å². The average molecular weight is 420 g/mol. The molecule has 1 amide bonds. The number of benzene rings is 3. The van der Waals surface area contributed by atoms with E-state index >= 15 is 0 Å². The number of hydrogen-bond donors (Lipinski definition) is 0. The van der Waals surface area contributed by atoms with E-state index in [1.807, 2.05) is 66.7 Å². The topological polar surface area (TPSA) is 20.3 Å². The average Bonchev–Trinajstić information content (AvgIpc) is 3.01. The minimum absolute atomic E-state index is 0.136. The van der Waals surface area contributed by atoms with Gasteiger partial charge in [-0.3, -0.25) is 9.69 Å². The molecule has 0 atom stereocenters. The lowest BCUT2D eigenvalue weighted by Gasteiger charge is -2.20. The Morgan fingerprint density at radius 1 is 0.852 bits per heavy atom. The summed E-state index contributed by atoms with van der Waals surface area (Å²) in [4.78, 5) is 14.8. The second kappa shape index (κ2) is 7.33. The highest BCUT2D eigenvalue weighted by Crippen LogP contribution is 2.35. The Kier molecular flexibility index (Phi) is 4.73. The van der Waals surface area contributed by atoms with E-state index in [0.29, 0.717) is 11.3 Å². The first-order chi connectivity index (χ1) is 13.1. The zero-order valence-corrected chi connectivity index (χ0v) is 15.9. The fourth-order valence-electron chi connectivity index (χ4n) is 3.02. The Hall–Kier alpha value is -2.98. The summed E-state index contributed by atoms with van der Waals surface area (Å²) >= 11 is 3.42. The van der Waals surface area contributed by atoms with Crippen LogP contribution in [0.15, 0.2) is 95.0 Å². The standard InChI is InChI=1S/C23H15BrFNO/c24-19-8-6-16(7-9-19)14-18-15-22(17-4-2-1-3-5-17)26(23(18)27)21-12-10-20(25)11-13-21/h1-15H/b18-14+. The summed E-state index contributed by atoms with van der Waals surface area (Å²) in [5.74, 6) is -0.468. The van der Waals surface area contributed by atoms with Gasteiger partial charge in [-0.05, 0) is 59.7 Å². The number of halogens is 2. The van der Waals surface area contributed by atoms with Crippen molar-refractivity contribution in [2.45, 2.75) is 0 Å². The first-order valence-corrected chi connectivity index (χ1v) is 9.25. The number of rotatable bonds is 3. The van der Waals surface area contributed by atoms with E-state index in [2.05, 4.69) is 15.9 Å². The van der Waals surface area contributed by atoms with E-state index in [-0.39, 0.29) is 11.7 Å². The molecule has 0 bridgehead atoms. The Morgan fingerprint density at radius 3 is 2.19 bits per heavy atom. The first kappa shape index (κ1) is 17.4. The van der Waals surface area contributed by atoms with Crippen LogP contribution in [0.1, 0.15) is 11.1 Å². The summed E-state index contributed by atoms with van der Waals surface area (Å²) in [6.45, 7) is 0. The molecule has 0 aromatic heterocycles. The van der Waals surface area contributed by atoms with E-state index in [4.69, 9.17) is 0 Å². The van der Waals surface area contributed by atoms with Crippen molar-refractivity contribution >= 4 is 39.3 Å². The van der Waals surface area contributed by atoms with Crippen LogP contribution in [0.25, 0.3) is 11.8 Å². The largest absolute Gasteiger partial charge is 0.276 e. The molecule has 27 heavy (non-hydrogen) atoms. The van der Waals surface area contributed by atoms with Gasteiger partial charge < -0.3 is 0 Å². The van der Waals surface area contributed by atoms with Gasteiger partial charge in [-0.25, -0.2) is 4.39 Å². The fourth-order valence-corrected chi connectivity index (χ4v) is 3.29. The van der Waals surface area contributed by atoms with E-state index in [1.54, 1.807) is 17.0 Å². The number of carbonyl (C=O) groups excluding carboxylic acids is 1. The number of amides is 1. The van der Waals surface area contributed by atoms with Gasteiger partial charge in [0, 0.05) is 15.7 Å². The monoisotopic (exact) mass is 419 g/mol. The van der Waals surface area contributed by atoms with Crippen LogP contribution in [0.5, 0.6) is 0 Å². The number of anilines is 1. The van der Waals surface area contributed by atoms with Crippen LogP contribution in [0.3, 0.4) is 0 Å². The Morgan fingerprint density at radius 2 is 1.52 bits per heavy atom. The maximum Gasteiger partial charge on any atom is 0.262 e. The number of carbonyl (C=O) groups is 1. The van der Waals surface area contributed by atoms with Gasteiger partial charge in [0.05, 0.1) is 5.70 Å². The quantitative estimate of drug-likeness (QED) is 0.472. The molecule has 4 rings (SSSR count). The molecule has 3 aromatic carbocycles. The maximum atomic E-state index is 13.4. The van der Waals surface area contributed by atoms with Gasteiger partial charge in [-0.1, -0.05) is 58.4 Å². The van der Waals surface area contributed by atoms with Crippen molar-refractivity contribution in [1.29, 1.82) is 0 Å². The molecule has 0 spiro atoms. The third kappa shape index (κ3) is 3.62. The van der Waals surface area contributed by atoms with E-state index in [1.165, 1.54) is 12.1 Å². The van der Waals surface area contributed by atoms with E-state index < -0.39 is 0 Å². The fraction of sp³-hybridized carbons (Fsp3) is 0. The summed E-state index contributed by atoms with van der Waals surface area (Å²) < 4.78 is 14.3. The van der Waals surface area contributed by atoms with Gasteiger partial charge >= 0.3 is 0 Å². The molecule has 0 unspecified atom stereocenters. The molecule has 0 aliphatic carbocycles. The summed E-state index contributed by atoms with van der Waals surface area (Å²) in [6.07, 6.45) is 3.74. The van der Waals surface area contributed by atoms with Crippen LogP contribution in [-0.2, 0) is 4.79 Å². The third-order valence-electron chi connectivity index (χ3n) is 4.33. The van der Waals surface area contributed by atoms with Gasteiger partial charge in [0.2, 0.25) is 0 Å². The van der Waals surface area contributed by atoms with Crippen molar-refractivity contribution in [3.63, 3.8) is 0 Å². The maximum absolute atomic E-state index is 13.4. The van der Waals surface area contributed by atoms with Gasteiger partial charge in [0.1, 0.15) is 5.82 Å². The minimum atomic E-state index is -0.332. The Balaban J connectivity index is 1.80. The molecule has 0 N–H and O–H groups in total. The highest BCUT2D eigenvalue weighted by atomic mass is 79.9. The minimum Gasteiger partial charge on any atom is -0.276 e. The summed E-state index contributed by atoms with van der Waals surface area (Å²) in [5, 5.41) is 0. The van der Waals surface area contributed by atoms with Crippen LogP contribution in [0.4, 0.5) is 10.1 Å². The highest BCUT2D eigenvalue weighted by molar-refractivity contribution is 9.10. The van der Waals surface area contributed by atoms with Crippen LogP contribution in [0, 0.1) is 5.82 Å². The number of nitrogens with zero attached hydrogens (tertiary/aromatic N) is 1. The predicted molar refractivity (Wildman–Crippen MR) is 110 cm³/mol. The van der Waals surface area contributed by atoms with Gasteiger partial charge in [-0.2, -0.15) is 0 Å². The molecule has 1 aliphatic heterocycles. The van der Waals surface area contributed by atoms with Crippen LogP contribution in [-0.4, -0.2) is 5.91 Å². The van der Waals surface area contributed by atoms with Gasteiger partial charge in [-0.15, -0.1) is 0 Å². The Labute approximate surface area is 165 Å². The lowest BCUT2D eigenvalue weighted by atomic mass is 10.1. The van der Waals surface area contributed by atoms with Crippen LogP contribution in [0.2, 0.25) is 0 Å². The van der Waals surface area contributed by atoms with Crippen molar-refractivity contribution in [3.05, 3.63) is 112 Å². The van der Waals surface area contributed by atoms with Crippen LogP contribution >= 0.6 is 15.9 Å². The molecule has 0 saturated heterocycles. The molecular weight excluding hydrogens is 405 g/mol. The lowest BCUT2D eigenvalue weighted by Crippen LogP contribution is -2.24. The first-order valence-electron chi connectivity index (χ1n) is 8.46. The third-order valence-corrected chi connectivity index (χ3v) is 4.86. The predicted octanol–water partition coefficient (Wildman–Crippen LogP) is 6.06. The highest BCUT2D eigenvalue weighted by Gasteiger charge is 2.30. The van der Waals surface area contributed by atoms with Crippen LogP contribution < -0.4 is 4.90 Å². The van der Waals surface area contributed by atoms with Crippen molar-refractivity contribution < 1.29 is 9.18 Å². The zero-order valence-electron chi connectivity index (χ0n) is 14.3. The molecule has 1 aliphatic rings. The second-order valence-corrected chi connectivity index (χ2v) is 7.08. The van der Waals surface area contributed by atoms with Crippen molar-refractivity contribution in [1.82, 2.24) is 0 Å². The zero-order chi connectivity index (χ0) is 18.8. The molecule has 0 fully saturated rings. The molecule has 0 saturated carbocycles. The van der Waals surface area contributed by atoms with Crippen molar-refractivity contribution in [3.8, 4) is 0 Å². The SMILES string of the molecule is O=C1/C(=C/c2ccc(Br)cc2)C=C(c2ccccc2)N1c1ccc(F)cc1. The molecule has 2 nitrogen and oxygen atoms in total. The van der Waals surface area contributed by atoms with Gasteiger partial charge in [0.25, 0.3) is 5.91 Å². The van der Waals surface area contributed by atoms with Crippen molar-refractivity contribution in [2.24, 2.45) is 0 Å². The molecule has 132 valence electrons. The Bertz CT molecular complexity index is 1040. The molecule has 0 radical (unpaired) electrons. The second-order valence-electron chi connectivity index (χ2n) is 6.16. The lowest BCUT2D eigenvalue weighted by molar-refractivity contribution is -0.113. The van der Waals surface area contributed by atoms with E-state index in [0.717, 1.165) is 21.3 Å². The summed E-state index contributed by atoms with van der Waals surface area (Å²) in [7, 11) is 0. The molecule has 3 aromatic rings. The van der Waals surface area contributed by atoms with E-state index in [9.17, 15) is 9.18 Å². The summed E-state index contributed by atoms with van der Waals surface area (Å²) in [6, 6.07) is 23.4. The number of hydrogen-bond acceptors (Lipinski definition) is 1. The molecule has 1 heterocycles. The summed E-state index contributed by atoms with van der Waals surface area (Å²) in [5.41, 5.74) is 3.85.